The van der Waals surface area contributed by atoms with Gasteiger partial charge in [0.2, 0.25) is 5.91 Å². The molecule has 84 valence electrons. The Balaban J connectivity index is 2.65. The number of likely N-dealkylation sites (N-methyl/N-ethyl adjacent to an activating group) is 1. The van der Waals surface area contributed by atoms with E-state index in [1.165, 1.54) is 0 Å². The van der Waals surface area contributed by atoms with Gasteiger partial charge in [0.15, 0.2) is 0 Å². The van der Waals surface area contributed by atoms with Crippen LogP contribution in [0.25, 0.3) is 0 Å². The van der Waals surface area contributed by atoms with Crippen LogP contribution in [0.5, 0.6) is 0 Å². The van der Waals surface area contributed by atoms with Crippen molar-refractivity contribution in [2.45, 2.75) is 19.3 Å². The highest BCUT2D eigenvalue weighted by molar-refractivity contribution is 7.80. The van der Waals surface area contributed by atoms with Gasteiger partial charge in [-0.1, -0.05) is 12.2 Å². The lowest BCUT2D eigenvalue weighted by Crippen LogP contribution is -2.33. The summed E-state index contributed by atoms with van der Waals surface area (Å²) in [5.74, 6) is 0.0996. The van der Waals surface area contributed by atoms with Crippen LogP contribution in [0.3, 0.4) is 0 Å². The molecule has 0 atom stereocenters. The fraction of sp³-hybridized carbons (Fsp3) is 0.333. The van der Waals surface area contributed by atoms with E-state index in [9.17, 15) is 4.79 Å². The molecule has 0 radical (unpaired) electrons. The molecule has 0 fully saturated rings. The highest BCUT2D eigenvalue weighted by Crippen LogP contribution is 2.40. The summed E-state index contributed by atoms with van der Waals surface area (Å²) in [5.41, 5.74) is 7.84. The van der Waals surface area contributed by atoms with Crippen molar-refractivity contribution in [3.63, 3.8) is 0 Å². The summed E-state index contributed by atoms with van der Waals surface area (Å²) in [7, 11) is 1.79. The molecule has 1 aromatic carbocycles. The SMILES string of the molecule is CN1C(=O)C(C)(C)c2cc(C(N)=S)ccc21. The number of thiocarbonyl (C=S) groups is 1. The third-order valence-corrected chi connectivity index (χ3v) is 3.39. The maximum atomic E-state index is 12.0. The number of carbonyl (C=O) groups is 1. The highest BCUT2D eigenvalue weighted by Gasteiger charge is 2.42. The number of nitrogens with zero attached hydrogens (tertiary/aromatic N) is 1. The van der Waals surface area contributed by atoms with Gasteiger partial charge in [-0.2, -0.15) is 0 Å². The summed E-state index contributed by atoms with van der Waals surface area (Å²) in [4.78, 5) is 14.1. The van der Waals surface area contributed by atoms with Gasteiger partial charge in [-0.3, -0.25) is 4.79 Å². The number of rotatable bonds is 1. The average Bonchev–Trinajstić information content (AvgIpc) is 2.40. The molecule has 0 bridgehead atoms. The van der Waals surface area contributed by atoms with E-state index in [0.717, 1.165) is 16.8 Å². The average molecular weight is 234 g/mol. The molecule has 0 saturated carbocycles. The van der Waals surface area contributed by atoms with E-state index in [1.807, 2.05) is 32.0 Å². The van der Waals surface area contributed by atoms with Crippen LogP contribution in [0.4, 0.5) is 5.69 Å². The highest BCUT2D eigenvalue weighted by atomic mass is 32.1. The molecule has 0 aromatic heterocycles. The van der Waals surface area contributed by atoms with E-state index < -0.39 is 5.41 Å². The zero-order chi connectivity index (χ0) is 12.1. The first-order valence-electron chi connectivity index (χ1n) is 5.08. The predicted molar refractivity (Wildman–Crippen MR) is 68.8 cm³/mol. The Labute approximate surface area is 100 Å². The normalized spacial score (nSPS) is 17.4. The van der Waals surface area contributed by atoms with Crippen molar-refractivity contribution in [3.05, 3.63) is 29.3 Å². The lowest BCUT2D eigenvalue weighted by atomic mass is 9.85. The van der Waals surface area contributed by atoms with Crippen LogP contribution in [-0.2, 0) is 10.2 Å². The van der Waals surface area contributed by atoms with Gasteiger partial charge in [-0.05, 0) is 37.6 Å². The van der Waals surface area contributed by atoms with Crippen LogP contribution in [0.15, 0.2) is 18.2 Å². The van der Waals surface area contributed by atoms with E-state index in [4.69, 9.17) is 18.0 Å². The Kier molecular flexibility index (Phi) is 2.27. The molecule has 0 aliphatic carbocycles. The van der Waals surface area contributed by atoms with Crippen LogP contribution in [-0.4, -0.2) is 17.9 Å². The van der Waals surface area contributed by atoms with Gasteiger partial charge in [0.05, 0.1) is 5.41 Å². The molecular formula is C12H14N2OS. The van der Waals surface area contributed by atoms with Crippen molar-refractivity contribution in [1.82, 2.24) is 0 Å². The minimum Gasteiger partial charge on any atom is -0.389 e. The summed E-state index contributed by atoms with van der Waals surface area (Å²) in [6, 6.07) is 5.67. The largest absolute Gasteiger partial charge is 0.389 e. The van der Waals surface area contributed by atoms with Crippen LogP contribution < -0.4 is 10.6 Å². The number of anilines is 1. The zero-order valence-corrected chi connectivity index (χ0v) is 10.4. The quantitative estimate of drug-likeness (QED) is 0.750. The second kappa shape index (κ2) is 3.28. The van der Waals surface area contributed by atoms with E-state index in [2.05, 4.69) is 0 Å². The summed E-state index contributed by atoms with van der Waals surface area (Å²) < 4.78 is 0. The molecule has 0 spiro atoms. The molecule has 0 saturated heterocycles. The van der Waals surface area contributed by atoms with Crippen molar-refractivity contribution in [3.8, 4) is 0 Å². The summed E-state index contributed by atoms with van der Waals surface area (Å²) in [6.07, 6.45) is 0. The fourth-order valence-corrected chi connectivity index (χ4v) is 2.25. The molecule has 2 rings (SSSR count). The first-order chi connectivity index (χ1) is 7.35. The second-order valence-electron chi connectivity index (χ2n) is 4.59. The maximum absolute atomic E-state index is 12.0. The number of carbonyl (C=O) groups excluding carboxylic acids is 1. The zero-order valence-electron chi connectivity index (χ0n) is 9.57. The number of nitrogens with two attached hydrogens (primary N) is 1. The lowest BCUT2D eigenvalue weighted by molar-refractivity contribution is -0.121. The fourth-order valence-electron chi connectivity index (χ4n) is 2.13. The van der Waals surface area contributed by atoms with Gasteiger partial charge < -0.3 is 10.6 Å². The van der Waals surface area contributed by atoms with E-state index in [1.54, 1.807) is 11.9 Å². The Hall–Kier alpha value is -1.42. The lowest BCUT2D eigenvalue weighted by Gasteiger charge is -2.16. The van der Waals surface area contributed by atoms with Gasteiger partial charge in [0.25, 0.3) is 0 Å². The first kappa shape index (κ1) is 11.1. The third kappa shape index (κ3) is 1.33. The molecule has 1 aliphatic rings. The van der Waals surface area contributed by atoms with Crippen molar-refractivity contribution < 1.29 is 4.79 Å². The smallest absolute Gasteiger partial charge is 0.236 e. The van der Waals surface area contributed by atoms with Crippen LogP contribution in [0, 0.1) is 0 Å². The van der Waals surface area contributed by atoms with Crippen molar-refractivity contribution in [2.75, 3.05) is 11.9 Å². The number of hydrogen-bond acceptors (Lipinski definition) is 2. The molecule has 16 heavy (non-hydrogen) atoms. The van der Waals surface area contributed by atoms with Gasteiger partial charge in [0.1, 0.15) is 4.99 Å². The topological polar surface area (TPSA) is 46.3 Å². The van der Waals surface area contributed by atoms with E-state index in [-0.39, 0.29) is 5.91 Å². The van der Waals surface area contributed by atoms with Crippen molar-refractivity contribution >= 4 is 28.8 Å². The predicted octanol–water partition coefficient (Wildman–Crippen LogP) is 1.57. The van der Waals surface area contributed by atoms with Crippen molar-refractivity contribution in [2.24, 2.45) is 5.73 Å². The van der Waals surface area contributed by atoms with Gasteiger partial charge in [-0.15, -0.1) is 0 Å². The Morgan fingerprint density at radius 2 is 2.06 bits per heavy atom. The van der Waals surface area contributed by atoms with Crippen molar-refractivity contribution in [1.29, 1.82) is 0 Å². The summed E-state index contributed by atoms with van der Waals surface area (Å²) in [5, 5.41) is 0. The summed E-state index contributed by atoms with van der Waals surface area (Å²) in [6.45, 7) is 3.84. The number of benzene rings is 1. The van der Waals surface area contributed by atoms with Crippen LogP contribution in [0.2, 0.25) is 0 Å². The van der Waals surface area contributed by atoms with Crippen LogP contribution >= 0.6 is 12.2 Å². The van der Waals surface area contributed by atoms with Gasteiger partial charge >= 0.3 is 0 Å². The number of amides is 1. The molecule has 2 N–H and O–H groups in total. The minimum atomic E-state index is -0.495. The summed E-state index contributed by atoms with van der Waals surface area (Å²) >= 11 is 4.95. The molecule has 0 unspecified atom stereocenters. The molecule has 1 heterocycles. The first-order valence-corrected chi connectivity index (χ1v) is 5.49. The molecule has 1 aromatic rings. The number of hydrogen-bond donors (Lipinski definition) is 1. The Morgan fingerprint density at radius 1 is 1.44 bits per heavy atom. The Morgan fingerprint density at radius 3 is 2.62 bits per heavy atom. The molecule has 3 nitrogen and oxygen atoms in total. The Bertz CT molecular complexity index is 494. The van der Waals surface area contributed by atoms with Gasteiger partial charge in [0, 0.05) is 18.3 Å². The molecule has 4 heteroatoms. The van der Waals surface area contributed by atoms with Crippen LogP contribution in [0.1, 0.15) is 25.0 Å². The number of fused-ring (bicyclic) bond motifs is 1. The third-order valence-electron chi connectivity index (χ3n) is 3.16. The maximum Gasteiger partial charge on any atom is 0.236 e. The van der Waals surface area contributed by atoms with Gasteiger partial charge in [-0.25, -0.2) is 0 Å². The molecule has 1 amide bonds. The molecule has 1 aliphatic heterocycles. The minimum absolute atomic E-state index is 0.0996. The van der Waals surface area contributed by atoms with E-state index >= 15 is 0 Å². The standard InChI is InChI=1S/C12H14N2OS/c1-12(2)8-6-7(10(13)16)4-5-9(8)14(3)11(12)15/h4-6H,1-3H3,(H2,13,16). The van der Waals surface area contributed by atoms with E-state index in [0.29, 0.717) is 4.99 Å². The second-order valence-corrected chi connectivity index (χ2v) is 5.03. The monoisotopic (exact) mass is 234 g/mol. The molecular weight excluding hydrogens is 220 g/mol.